The Labute approximate surface area is 110 Å². The summed E-state index contributed by atoms with van der Waals surface area (Å²) in [7, 11) is 0. The average Bonchev–Trinajstić information content (AvgIpc) is 2.67. The second-order valence-electron chi connectivity index (χ2n) is 5.31. The first-order valence-corrected chi connectivity index (χ1v) is 6.86. The SMILES string of the molecule is CCNC(C)(CO)CCCCn1cnc(C)c1C. The van der Waals surface area contributed by atoms with Crippen molar-refractivity contribution < 1.29 is 5.11 Å². The number of aliphatic hydroxyl groups is 1. The van der Waals surface area contributed by atoms with E-state index in [1.54, 1.807) is 0 Å². The molecule has 4 heteroatoms. The van der Waals surface area contributed by atoms with Crippen LogP contribution in [0, 0.1) is 13.8 Å². The van der Waals surface area contributed by atoms with E-state index in [1.165, 1.54) is 5.69 Å². The molecule has 1 rings (SSSR count). The van der Waals surface area contributed by atoms with Gasteiger partial charge in [-0.05, 0) is 46.6 Å². The van der Waals surface area contributed by atoms with Crippen molar-refractivity contribution in [2.24, 2.45) is 0 Å². The Kier molecular flexibility index (Phi) is 5.82. The maximum Gasteiger partial charge on any atom is 0.0951 e. The minimum Gasteiger partial charge on any atom is -0.394 e. The Morgan fingerprint density at radius 2 is 2.11 bits per heavy atom. The number of aliphatic hydroxyl groups excluding tert-OH is 1. The summed E-state index contributed by atoms with van der Waals surface area (Å²) in [6.07, 6.45) is 5.16. The second-order valence-corrected chi connectivity index (χ2v) is 5.31. The Balaban J connectivity index is 2.32. The number of hydrogen-bond acceptors (Lipinski definition) is 3. The number of nitrogens with zero attached hydrogens (tertiary/aromatic N) is 2. The van der Waals surface area contributed by atoms with Crippen LogP contribution in [0.3, 0.4) is 0 Å². The molecule has 0 aromatic carbocycles. The van der Waals surface area contributed by atoms with E-state index in [-0.39, 0.29) is 12.1 Å². The summed E-state index contributed by atoms with van der Waals surface area (Å²) < 4.78 is 2.21. The summed E-state index contributed by atoms with van der Waals surface area (Å²) in [6.45, 7) is 10.4. The highest BCUT2D eigenvalue weighted by molar-refractivity contribution is 5.08. The summed E-state index contributed by atoms with van der Waals surface area (Å²) in [5.74, 6) is 0. The molecule has 2 N–H and O–H groups in total. The number of likely N-dealkylation sites (N-methyl/N-ethyl adjacent to an activating group) is 1. The number of hydrogen-bond donors (Lipinski definition) is 2. The molecule has 4 nitrogen and oxygen atoms in total. The van der Waals surface area contributed by atoms with Crippen LogP contribution >= 0.6 is 0 Å². The molecule has 18 heavy (non-hydrogen) atoms. The molecule has 0 saturated carbocycles. The molecule has 0 saturated heterocycles. The fourth-order valence-electron chi connectivity index (χ4n) is 2.22. The number of imidazole rings is 1. The molecule has 0 aliphatic heterocycles. The largest absolute Gasteiger partial charge is 0.394 e. The van der Waals surface area contributed by atoms with Gasteiger partial charge in [-0.15, -0.1) is 0 Å². The summed E-state index contributed by atoms with van der Waals surface area (Å²) in [5.41, 5.74) is 2.24. The maximum atomic E-state index is 9.40. The zero-order valence-electron chi connectivity index (χ0n) is 12.2. The van der Waals surface area contributed by atoms with E-state index in [0.717, 1.165) is 38.0 Å². The van der Waals surface area contributed by atoms with E-state index >= 15 is 0 Å². The highest BCUT2D eigenvalue weighted by atomic mass is 16.3. The predicted molar refractivity (Wildman–Crippen MR) is 74.7 cm³/mol. The van der Waals surface area contributed by atoms with E-state index in [0.29, 0.717) is 0 Å². The smallest absolute Gasteiger partial charge is 0.0951 e. The fourth-order valence-corrected chi connectivity index (χ4v) is 2.22. The molecule has 0 radical (unpaired) electrons. The van der Waals surface area contributed by atoms with Gasteiger partial charge < -0.3 is 15.0 Å². The first kappa shape index (κ1) is 15.2. The van der Waals surface area contributed by atoms with Gasteiger partial charge in [0.1, 0.15) is 0 Å². The molecular formula is C14H27N3O. The quantitative estimate of drug-likeness (QED) is 0.697. The van der Waals surface area contributed by atoms with Gasteiger partial charge in [0.05, 0.1) is 18.6 Å². The minimum absolute atomic E-state index is 0.130. The number of nitrogens with one attached hydrogen (secondary N) is 1. The molecule has 0 aliphatic carbocycles. The molecule has 1 heterocycles. The monoisotopic (exact) mass is 253 g/mol. The third kappa shape index (κ3) is 4.10. The molecule has 1 aromatic heterocycles. The minimum atomic E-state index is -0.130. The third-order valence-electron chi connectivity index (χ3n) is 3.68. The number of rotatable bonds is 8. The van der Waals surface area contributed by atoms with E-state index in [9.17, 15) is 5.11 Å². The van der Waals surface area contributed by atoms with E-state index in [4.69, 9.17) is 0 Å². The Morgan fingerprint density at radius 1 is 1.39 bits per heavy atom. The molecule has 0 bridgehead atoms. The molecule has 0 aliphatic rings. The lowest BCUT2D eigenvalue weighted by molar-refractivity contribution is 0.164. The number of aromatic nitrogens is 2. The van der Waals surface area contributed by atoms with Crippen molar-refractivity contribution in [3.05, 3.63) is 17.7 Å². The lowest BCUT2D eigenvalue weighted by Gasteiger charge is -2.28. The lowest BCUT2D eigenvalue weighted by atomic mass is 9.96. The van der Waals surface area contributed by atoms with Crippen molar-refractivity contribution in [3.8, 4) is 0 Å². The van der Waals surface area contributed by atoms with E-state index < -0.39 is 0 Å². The van der Waals surface area contributed by atoms with Crippen LogP contribution in [0.2, 0.25) is 0 Å². The van der Waals surface area contributed by atoms with Crippen LogP contribution in [0.5, 0.6) is 0 Å². The van der Waals surface area contributed by atoms with Gasteiger partial charge in [-0.25, -0.2) is 4.98 Å². The van der Waals surface area contributed by atoms with Gasteiger partial charge in [0, 0.05) is 17.8 Å². The topological polar surface area (TPSA) is 50.1 Å². The highest BCUT2D eigenvalue weighted by Crippen LogP contribution is 2.14. The third-order valence-corrected chi connectivity index (χ3v) is 3.68. The van der Waals surface area contributed by atoms with E-state index in [1.807, 2.05) is 13.3 Å². The fraction of sp³-hybridized carbons (Fsp3) is 0.786. The first-order chi connectivity index (χ1) is 8.52. The zero-order valence-corrected chi connectivity index (χ0v) is 12.2. The normalized spacial score (nSPS) is 14.7. The van der Waals surface area contributed by atoms with Crippen LogP contribution in [0.4, 0.5) is 0 Å². The van der Waals surface area contributed by atoms with Gasteiger partial charge in [-0.1, -0.05) is 6.92 Å². The average molecular weight is 253 g/mol. The molecule has 0 amide bonds. The molecule has 1 atom stereocenters. The van der Waals surface area contributed by atoms with Crippen LogP contribution in [0.25, 0.3) is 0 Å². The van der Waals surface area contributed by atoms with Crippen LogP contribution in [0.15, 0.2) is 6.33 Å². The standard InChI is InChI=1S/C14H27N3O/c1-5-16-14(4,10-18)8-6-7-9-17-11-15-12(2)13(17)3/h11,16,18H,5-10H2,1-4H3. The molecule has 104 valence electrons. The predicted octanol–water partition coefficient (Wildman–Crippen LogP) is 2.03. The summed E-state index contributed by atoms with van der Waals surface area (Å²) in [5, 5.41) is 12.8. The molecule has 1 aromatic rings. The van der Waals surface area contributed by atoms with Crippen LogP contribution in [-0.2, 0) is 6.54 Å². The Morgan fingerprint density at radius 3 is 2.61 bits per heavy atom. The van der Waals surface area contributed by atoms with Crippen LogP contribution < -0.4 is 5.32 Å². The van der Waals surface area contributed by atoms with Crippen molar-refractivity contribution in [1.29, 1.82) is 0 Å². The van der Waals surface area contributed by atoms with Crippen molar-refractivity contribution in [2.75, 3.05) is 13.2 Å². The number of aryl methyl sites for hydroxylation is 2. The van der Waals surface area contributed by atoms with Gasteiger partial charge in [-0.2, -0.15) is 0 Å². The van der Waals surface area contributed by atoms with Gasteiger partial charge in [0.25, 0.3) is 0 Å². The van der Waals surface area contributed by atoms with Crippen molar-refractivity contribution in [2.45, 2.75) is 59.0 Å². The Bertz CT molecular complexity index is 362. The zero-order chi connectivity index (χ0) is 13.6. The van der Waals surface area contributed by atoms with Crippen molar-refractivity contribution in [1.82, 2.24) is 14.9 Å². The molecular weight excluding hydrogens is 226 g/mol. The molecule has 0 fully saturated rings. The van der Waals surface area contributed by atoms with Crippen molar-refractivity contribution in [3.63, 3.8) is 0 Å². The number of unbranched alkanes of at least 4 members (excludes halogenated alkanes) is 1. The molecule has 1 unspecified atom stereocenters. The summed E-state index contributed by atoms with van der Waals surface area (Å²) >= 11 is 0. The van der Waals surface area contributed by atoms with Gasteiger partial charge in [0.2, 0.25) is 0 Å². The molecule has 0 spiro atoms. The van der Waals surface area contributed by atoms with Crippen LogP contribution in [0.1, 0.15) is 44.5 Å². The van der Waals surface area contributed by atoms with Gasteiger partial charge in [0.15, 0.2) is 0 Å². The second kappa shape index (κ2) is 6.90. The first-order valence-electron chi connectivity index (χ1n) is 6.86. The lowest BCUT2D eigenvalue weighted by Crippen LogP contribution is -2.45. The van der Waals surface area contributed by atoms with Crippen molar-refractivity contribution >= 4 is 0 Å². The summed E-state index contributed by atoms with van der Waals surface area (Å²) in [4.78, 5) is 4.30. The Hall–Kier alpha value is -0.870. The van der Waals surface area contributed by atoms with Gasteiger partial charge in [-0.3, -0.25) is 0 Å². The van der Waals surface area contributed by atoms with E-state index in [2.05, 4.69) is 35.6 Å². The van der Waals surface area contributed by atoms with Crippen LogP contribution in [-0.4, -0.2) is 33.3 Å². The van der Waals surface area contributed by atoms with Gasteiger partial charge >= 0.3 is 0 Å². The highest BCUT2D eigenvalue weighted by Gasteiger charge is 2.20. The summed E-state index contributed by atoms with van der Waals surface area (Å²) in [6, 6.07) is 0. The maximum absolute atomic E-state index is 9.40.